The zero-order valence-electron chi connectivity index (χ0n) is 15.5. The molecule has 1 atom stereocenters. The van der Waals surface area contributed by atoms with E-state index in [-0.39, 0.29) is 11.9 Å². The third-order valence-electron chi connectivity index (χ3n) is 5.02. The van der Waals surface area contributed by atoms with E-state index in [1.54, 1.807) is 25.3 Å². The Morgan fingerprint density at radius 1 is 1.15 bits per heavy atom. The fraction of sp³-hybridized carbons (Fsp3) is 0.350. The molecule has 2 aromatic carbocycles. The number of carbonyl (C=O) groups excluding carboxylic acids is 1. The molecular weight excluding hydrogens is 385 g/mol. The van der Waals surface area contributed by atoms with Crippen LogP contribution in [0.1, 0.15) is 6.92 Å². The molecular formula is C20H24Cl2N3O2+. The van der Waals surface area contributed by atoms with Gasteiger partial charge in [0.2, 0.25) is 0 Å². The fourth-order valence-electron chi connectivity index (χ4n) is 3.36. The topological polar surface area (TPSA) is 46.0 Å². The summed E-state index contributed by atoms with van der Waals surface area (Å²) in [6, 6.07) is 13.0. The SMILES string of the molecule is COc1ccc(NC(=O)[C@@H](C)[NH+]2CCN(c3ccccc3Cl)CC2)cc1Cl. The first-order valence-electron chi connectivity index (χ1n) is 8.98. The highest BCUT2D eigenvalue weighted by atomic mass is 35.5. The predicted molar refractivity (Wildman–Crippen MR) is 110 cm³/mol. The lowest BCUT2D eigenvalue weighted by molar-refractivity contribution is -0.914. The molecule has 3 rings (SSSR count). The third-order valence-corrected chi connectivity index (χ3v) is 5.64. The average Bonchev–Trinajstić information content (AvgIpc) is 2.68. The number of nitrogens with one attached hydrogen (secondary N) is 2. The largest absolute Gasteiger partial charge is 0.495 e. The van der Waals surface area contributed by atoms with Crippen molar-refractivity contribution in [3.63, 3.8) is 0 Å². The molecule has 1 saturated heterocycles. The van der Waals surface area contributed by atoms with Crippen LogP contribution >= 0.6 is 23.2 Å². The van der Waals surface area contributed by atoms with Gasteiger partial charge in [-0.15, -0.1) is 0 Å². The van der Waals surface area contributed by atoms with Crippen LogP contribution < -0.4 is 19.9 Å². The van der Waals surface area contributed by atoms with Gasteiger partial charge in [0, 0.05) is 5.69 Å². The number of methoxy groups -OCH3 is 1. The van der Waals surface area contributed by atoms with Crippen LogP contribution in [0.2, 0.25) is 10.0 Å². The first-order chi connectivity index (χ1) is 13.0. The number of piperazine rings is 1. The van der Waals surface area contributed by atoms with Crippen molar-refractivity contribution in [1.82, 2.24) is 0 Å². The van der Waals surface area contributed by atoms with Crippen molar-refractivity contribution < 1.29 is 14.4 Å². The van der Waals surface area contributed by atoms with Crippen LogP contribution in [0, 0.1) is 0 Å². The van der Waals surface area contributed by atoms with Crippen LogP contribution in [0.25, 0.3) is 0 Å². The lowest BCUT2D eigenvalue weighted by Gasteiger charge is -2.36. The Balaban J connectivity index is 1.57. The standard InChI is InChI=1S/C20H23Cl2N3O2/c1-14(20(26)23-15-7-8-19(27-2)17(22)13-15)24-9-11-25(12-10-24)18-6-4-3-5-16(18)21/h3-8,13-14H,9-12H2,1-2H3,(H,23,26)/p+1/t14-/m1/s1. The van der Waals surface area contributed by atoms with Crippen molar-refractivity contribution in [2.24, 2.45) is 0 Å². The highest BCUT2D eigenvalue weighted by molar-refractivity contribution is 6.33. The Hall–Kier alpha value is -1.95. The number of hydrogen-bond acceptors (Lipinski definition) is 3. The van der Waals surface area contributed by atoms with Gasteiger partial charge in [-0.25, -0.2) is 0 Å². The number of nitrogens with zero attached hydrogens (tertiary/aromatic N) is 1. The summed E-state index contributed by atoms with van der Waals surface area (Å²) in [5.74, 6) is 0.571. The molecule has 0 radical (unpaired) electrons. The number of halogens is 2. The maximum absolute atomic E-state index is 12.6. The summed E-state index contributed by atoms with van der Waals surface area (Å²) in [6.07, 6.45) is 0. The van der Waals surface area contributed by atoms with Gasteiger partial charge in [0.15, 0.2) is 6.04 Å². The summed E-state index contributed by atoms with van der Waals surface area (Å²) in [6.45, 7) is 5.45. The van der Waals surface area contributed by atoms with E-state index in [4.69, 9.17) is 27.9 Å². The van der Waals surface area contributed by atoms with E-state index in [0.29, 0.717) is 16.5 Å². The smallest absolute Gasteiger partial charge is 0.282 e. The van der Waals surface area contributed by atoms with E-state index >= 15 is 0 Å². The number of hydrogen-bond donors (Lipinski definition) is 2. The minimum atomic E-state index is -0.153. The van der Waals surface area contributed by atoms with Crippen LogP contribution in [0.4, 0.5) is 11.4 Å². The number of anilines is 2. The molecule has 1 aliphatic rings. The Morgan fingerprint density at radius 2 is 1.85 bits per heavy atom. The summed E-state index contributed by atoms with van der Waals surface area (Å²) in [5.41, 5.74) is 1.73. The molecule has 1 amide bonds. The molecule has 2 aromatic rings. The quantitative estimate of drug-likeness (QED) is 0.799. The van der Waals surface area contributed by atoms with Crippen LogP contribution in [-0.2, 0) is 4.79 Å². The Labute approximate surface area is 169 Å². The Morgan fingerprint density at radius 3 is 2.48 bits per heavy atom. The first kappa shape index (κ1) is 19.8. The van der Waals surface area contributed by atoms with Crippen molar-refractivity contribution in [2.75, 3.05) is 43.5 Å². The van der Waals surface area contributed by atoms with Crippen LogP contribution in [0.5, 0.6) is 5.75 Å². The molecule has 0 saturated carbocycles. The Bertz CT molecular complexity index is 808. The second-order valence-electron chi connectivity index (χ2n) is 6.66. The van der Waals surface area contributed by atoms with Crippen LogP contribution in [0.3, 0.4) is 0 Å². The van der Waals surface area contributed by atoms with Crippen molar-refractivity contribution in [3.8, 4) is 5.75 Å². The molecule has 2 N–H and O–H groups in total. The summed E-state index contributed by atoms with van der Waals surface area (Å²) >= 11 is 12.4. The molecule has 7 heteroatoms. The number of quaternary nitrogens is 1. The first-order valence-corrected chi connectivity index (χ1v) is 9.73. The van der Waals surface area contributed by atoms with Gasteiger partial charge in [-0.2, -0.15) is 0 Å². The number of carbonyl (C=O) groups is 1. The highest BCUT2D eigenvalue weighted by Gasteiger charge is 2.29. The number of amides is 1. The van der Waals surface area contributed by atoms with E-state index < -0.39 is 0 Å². The number of rotatable bonds is 5. The van der Waals surface area contributed by atoms with E-state index in [0.717, 1.165) is 36.9 Å². The van der Waals surface area contributed by atoms with Gasteiger partial charge in [-0.3, -0.25) is 4.79 Å². The second-order valence-corrected chi connectivity index (χ2v) is 7.47. The molecule has 5 nitrogen and oxygen atoms in total. The highest BCUT2D eigenvalue weighted by Crippen LogP contribution is 2.27. The second kappa shape index (κ2) is 8.83. The van der Waals surface area contributed by atoms with Crippen molar-refractivity contribution >= 4 is 40.5 Å². The predicted octanol–water partition coefficient (Wildman–Crippen LogP) is 2.73. The Kier molecular flexibility index (Phi) is 6.47. The number of para-hydroxylation sites is 1. The molecule has 0 spiro atoms. The molecule has 27 heavy (non-hydrogen) atoms. The van der Waals surface area contributed by atoms with Crippen molar-refractivity contribution in [3.05, 3.63) is 52.5 Å². The number of ether oxygens (including phenoxy) is 1. The van der Waals surface area contributed by atoms with Gasteiger partial charge in [0.25, 0.3) is 5.91 Å². The zero-order valence-corrected chi connectivity index (χ0v) is 17.0. The lowest BCUT2D eigenvalue weighted by atomic mass is 10.2. The van der Waals surface area contributed by atoms with Gasteiger partial charge in [0.05, 0.1) is 49.0 Å². The van der Waals surface area contributed by atoms with Gasteiger partial charge in [-0.05, 0) is 37.3 Å². The van der Waals surface area contributed by atoms with Gasteiger partial charge < -0.3 is 19.9 Å². The summed E-state index contributed by atoms with van der Waals surface area (Å²) in [5, 5.41) is 4.19. The summed E-state index contributed by atoms with van der Waals surface area (Å²) < 4.78 is 5.14. The van der Waals surface area contributed by atoms with Crippen molar-refractivity contribution in [2.45, 2.75) is 13.0 Å². The van der Waals surface area contributed by atoms with Crippen LogP contribution in [-0.4, -0.2) is 45.2 Å². The van der Waals surface area contributed by atoms with Gasteiger partial charge in [-0.1, -0.05) is 35.3 Å². The molecule has 0 unspecified atom stereocenters. The summed E-state index contributed by atoms with van der Waals surface area (Å²) in [4.78, 5) is 16.2. The van der Waals surface area contributed by atoms with E-state index in [1.165, 1.54) is 4.90 Å². The maximum Gasteiger partial charge on any atom is 0.282 e. The molecule has 1 aliphatic heterocycles. The van der Waals surface area contributed by atoms with E-state index in [2.05, 4.69) is 10.2 Å². The minimum Gasteiger partial charge on any atom is -0.495 e. The van der Waals surface area contributed by atoms with Crippen molar-refractivity contribution in [1.29, 1.82) is 0 Å². The molecule has 144 valence electrons. The summed E-state index contributed by atoms with van der Waals surface area (Å²) in [7, 11) is 1.56. The minimum absolute atomic E-state index is 0.0163. The van der Waals surface area contributed by atoms with Gasteiger partial charge >= 0.3 is 0 Å². The average molecular weight is 409 g/mol. The third kappa shape index (κ3) is 4.67. The zero-order chi connectivity index (χ0) is 19.4. The number of benzene rings is 2. The maximum atomic E-state index is 12.6. The lowest BCUT2D eigenvalue weighted by Crippen LogP contribution is -3.19. The van der Waals surface area contributed by atoms with Gasteiger partial charge in [0.1, 0.15) is 5.75 Å². The molecule has 1 heterocycles. The fourth-order valence-corrected chi connectivity index (χ4v) is 3.87. The van der Waals surface area contributed by atoms with E-state index in [1.807, 2.05) is 31.2 Å². The molecule has 0 bridgehead atoms. The molecule has 0 aliphatic carbocycles. The molecule has 1 fully saturated rings. The monoisotopic (exact) mass is 408 g/mol. The normalized spacial score (nSPS) is 16.1. The van der Waals surface area contributed by atoms with Crippen LogP contribution in [0.15, 0.2) is 42.5 Å². The van der Waals surface area contributed by atoms with E-state index in [9.17, 15) is 4.79 Å². The molecule has 0 aromatic heterocycles.